The number of methoxy groups -OCH3 is 1. The van der Waals surface area contributed by atoms with Crippen LogP contribution in [-0.4, -0.2) is 33.3 Å². The number of H-pyrrole nitrogens is 1. The SMILES string of the molecule is COc1ccc2[nH]ncc2c1-c1ccn2nc(NC=O)cc2c1. The highest BCUT2D eigenvalue weighted by atomic mass is 16.5. The highest BCUT2D eigenvalue weighted by Crippen LogP contribution is 2.36. The lowest BCUT2D eigenvalue weighted by molar-refractivity contribution is -0.105. The van der Waals surface area contributed by atoms with Crippen molar-refractivity contribution in [2.45, 2.75) is 0 Å². The van der Waals surface area contributed by atoms with E-state index in [1.165, 1.54) is 0 Å². The van der Waals surface area contributed by atoms with Gasteiger partial charge in [-0.25, -0.2) is 4.52 Å². The summed E-state index contributed by atoms with van der Waals surface area (Å²) in [5.74, 6) is 1.28. The van der Waals surface area contributed by atoms with E-state index in [0.29, 0.717) is 12.2 Å². The number of carbonyl (C=O) groups excluding carboxylic acids is 1. The summed E-state index contributed by atoms with van der Waals surface area (Å²) in [5.41, 5.74) is 3.76. The molecule has 7 heteroatoms. The Bertz CT molecular complexity index is 1020. The first-order valence-corrected chi connectivity index (χ1v) is 7.00. The van der Waals surface area contributed by atoms with Gasteiger partial charge in [0.1, 0.15) is 5.75 Å². The summed E-state index contributed by atoms with van der Waals surface area (Å²) in [5, 5.41) is 14.9. The molecule has 23 heavy (non-hydrogen) atoms. The predicted octanol–water partition coefficient (Wildman–Crippen LogP) is 2.45. The van der Waals surface area contributed by atoms with Crippen LogP contribution in [0.1, 0.15) is 0 Å². The highest BCUT2D eigenvalue weighted by molar-refractivity contribution is 5.98. The van der Waals surface area contributed by atoms with Crippen molar-refractivity contribution >= 4 is 28.6 Å². The van der Waals surface area contributed by atoms with Gasteiger partial charge in [-0.05, 0) is 29.8 Å². The number of anilines is 1. The summed E-state index contributed by atoms with van der Waals surface area (Å²) in [4.78, 5) is 10.6. The molecule has 4 aromatic rings. The van der Waals surface area contributed by atoms with Crippen molar-refractivity contribution in [2.24, 2.45) is 0 Å². The first-order valence-electron chi connectivity index (χ1n) is 7.00. The Kier molecular flexibility index (Phi) is 2.97. The number of amides is 1. The van der Waals surface area contributed by atoms with E-state index in [0.717, 1.165) is 33.3 Å². The minimum absolute atomic E-state index is 0.505. The van der Waals surface area contributed by atoms with Gasteiger partial charge in [-0.2, -0.15) is 10.2 Å². The lowest BCUT2D eigenvalue weighted by atomic mass is 10.0. The van der Waals surface area contributed by atoms with Gasteiger partial charge in [0, 0.05) is 23.2 Å². The standard InChI is InChI=1S/C16H13N5O2/c1-23-14-3-2-13-12(8-18-19-13)16(14)10-4-5-21-11(6-10)7-15(20-21)17-9-22/h2-9H,1H3,(H,18,19)(H,17,20,22). The van der Waals surface area contributed by atoms with Gasteiger partial charge in [0.15, 0.2) is 5.82 Å². The maximum atomic E-state index is 10.6. The van der Waals surface area contributed by atoms with Crippen LogP contribution in [-0.2, 0) is 4.79 Å². The molecule has 0 aliphatic carbocycles. The van der Waals surface area contributed by atoms with E-state index in [1.807, 2.05) is 30.5 Å². The second-order valence-electron chi connectivity index (χ2n) is 5.05. The van der Waals surface area contributed by atoms with Gasteiger partial charge in [-0.3, -0.25) is 9.89 Å². The maximum Gasteiger partial charge on any atom is 0.212 e. The van der Waals surface area contributed by atoms with E-state index in [9.17, 15) is 4.79 Å². The Balaban J connectivity index is 1.94. The Labute approximate surface area is 130 Å². The number of nitrogens with zero attached hydrogens (tertiary/aromatic N) is 3. The number of fused-ring (bicyclic) bond motifs is 2. The number of rotatable bonds is 4. The molecule has 0 bridgehead atoms. The van der Waals surface area contributed by atoms with Crippen molar-refractivity contribution < 1.29 is 9.53 Å². The molecule has 0 fully saturated rings. The smallest absolute Gasteiger partial charge is 0.212 e. The summed E-state index contributed by atoms with van der Waals surface area (Å²) >= 11 is 0. The molecule has 3 heterocycles. The normalized spacial score (nSPS) is 11.0. The lowest BCUT2D eigenvalue weighted by Crippen LogP contribution is -1.94. The van der Waals surface area contributed by atoms with E-state index >= 15 is 0 Å². The summed E-state index contributed by atoms with van der Waals surface area (Å²) in [6.45, 7) is 0. The largest absolute Gasteiger partial charge is 0.496 e. The number of hydrogen-bond acceptors (Lipinski definition) is 4. The number of aromatic nitrogens is 4. The van der Waals surface area contributed by atoms with Crippen LogP contribution < -0.4 is 10.1 Å². The fourth-order valence-corrected chi connectivity index (χ4v) is 2.75. The van der Waals surface area contributed by atoms with Gasteiger partial charge in [0.25, 0.3) is 0 Å². The summed E-state index contributed by atoms with van der Waals surface area (Å²) in [6, 6.07) is 9.60. The molecule has 0 radical (unpaired) electrons. The molecule has 2 N–H and O–H groups in total. The number of ether oxygens (including phenoxy) is 1. The zero-order chi connectivity index (χ0) is 15.8. The average molecular weight is 307 g/mol. The molecular formula is C16H13N5O2. The average Bonchev–Trinajstić information content (AvgIpc) is 3.19. The van der Waals surface area contributed by atoms with Crippen molar-refractivity contribution in [1.29, 1.82) is 0 Å². The van der Waals surface area contributed by atoms with Crippen molar-refractivity contribution in [2.75, 3.05) is 12.4 Å². The van der Waals surface area contributed by atoms with Crippen LogP contribution in [0.5, 0.6) is 5.75 Å². The van der Waals surface area contributed by atoms with Gasteiger partial charge < -0.3 is 10.1 Å². The summed E-state index contributed by atoms with van der Waals surface area (Å²) in [6.07, 6.45) is 4.24. The first kappa shape index (κ1) is 13.3. The van der Waals surface area contributed by atoms with Crippen molar-refractivity contribution in [3.8, 4) is 16.9 Å². The van der Waals surface area contributed by atoms with E-state index in [1.54, 1.807) is 23.9 Å². The molecule has 1 amide bonds. The van der Waals surface area contributed by atoms with Crippen LogP contribution >= 0.6 is 0 Å². The number of nitrogens with one attached hydrogen (secondary N) is 2. The minimum atomic E-state index is 0.505. The Morgan fingerprint density at radius 1 is 1.30 bits per heavy atom. The van der Waals surface area contributed by atoms with Gasteiger partial charge in [-0.15, -0.1) is 0 Å². The lowest BCUT2D eigenvalue weighted by Gasteiger charge is -2.10. The molecule has 0 unspecified atom stereocenters. The van der Waals surface area contributed by atoms with Gasteiger partial charge in [-0.1, -0.05) is 0 Å². The maximum absolute atomic E-state index is 10.6. The molecular weight excluding hydrogens is 294 g/mol. The number of benzene rings is 1. The van der Waals surface area contributed by atoms with Crippen LogP contribution in [0.15, 0.2) is 42.7 Å². The number of hydrogen-bond donors (Lipinski definition) is 2. The minimum Gasteiger partial charge on any atom is -0.496 e. The quantitative estimate of drug-likeness (QED) is 0.567. The topological polar surface area (TPSA) is 84.3 Å². The van der Waals surface area contributed by atoms with Crippen molar-refractivity contribution in [3.05, 3.63) is 42.7 Å². The highest BCUT2D eigenvalue weighted by Gasteiger charge is 2.13. The molecule has 1 aromatic carbocycles. The second-order valence-corrected chi connectivity index (χ2v) is 5.05. The molecule has 7 nitrogen and oxygen atoms in total. The number of aromatic amines is 1. The molecule has 0 atom stereocenters. The third-order valence-corrected chi connectivity index (χ3v) is 3.76. The van der Waals surface area contributed by atoms with Crippen molar-refractivity contribution in [3.63, 3.8) is 0 Å². The predicted molar refractivity (Wildman–Crippen MR) is 86.5 cm³/mol. The second kappa shape index (κ2) is 5.13. The van der Waals surface area contributed by atoms with Crippen LogP contribution in [0.25, 0.3) is 27.5 Å². The molecule has 0 aliphatic rings. The monoisotopic (exact) mass is 307 g/mol. The van der Waals surface area contributed by atoms with Crippen molar-refractivity contribution in [1.82, 2.24) is 19.8 Å². The first-order chi connectivity index (χ1) is 11.3. The zero-order valence-corrected chi connectivity index (χ0v) is 12.3. The Hall–Kier alpha value is -3.35. The van der Waals surface area contributed by atoms with E-state index in [2.05, 4.69) is 20.6 Å². The fourth-order valence-electron chi connectivity index (χ4n) is 2.75. The molecule has 4 rings (SSSR count). The summed E-state index contributed by atoms with van der Waals surface area (Å²) < 4.78 is 7.22. The van der Waals surface area contributed by atoms with Crippen LogP contribution in [0.2, 0.25) is 0 Å². The fraction of sp³-hybridized carbons (Fsp3) is 0.0625. The van der Waals surface area contributed by atoms with Gasteiger partial charge in [0.05, 0.1) is 24.3 Å². The molecule has 0 saturated carbocycles. The molecule has 114 valence electrons. The number of pyridine rings is 1. The Morgan fingerprint density at radius 3 is 3.04 bits per heavy atom. The van der Waals surface area contributed by atoms with E-state index < -0.39 is 0 Å². The molecule has 3 aromatic heterocycles. The molecule has 0 spiro atoms. The zero-order valence-electron chi connectivity index (χ0n) is 12.3. The molecule has 0 aliphatic heterocycles. The molecule has 0 saturated heterocycles. The van der Waals surface area contributed by atoms with E-state index in [-0.39, 0.29) is 0 Å². The Morgan fingerprint density at radius 2 is 2.22 bits per heavy atom. The number of carbonyl (C=O) groups is 1. The third-order valence-electron chi connectivity index (χ3n) is 3.76. The van der Waals surface area contributed by atoms with Gasteiger partial charge >= 0.3 is 0 Å². The van der Waals surface area contributed by atoms with Crippen LogP contribution in [0, 0.1) is 0 Å². The van der Waals surface area contributed by atoms with Crippen LogP contribution in [0.3, 0.4) is 0 Å². The summed E-state index contributed by atoms with van der Waals surface area (Å²) in [7, 11) is 1.65. The van der Waals surface area contributed by atoms with Crippen LogP contribution in [0.4, 0.5) is 5.82 Å². The third kappa shape index (κ3) is 2.10. The van der Waals surface area contributed by atoms with E-state index in [4.69, 9.17) is 4.74 Å². The van der Waals surface area contributed by atoms with Gasteiger partial charge in [0.2, 0.25) is 6.41 Å².